The molecule has 2 atom stereocenters. The largest absolute Gasteiger partial charge is 0.497 e. The maximum Gasteiger partial charge on any atom is 0.272 e. The molecule has 1 N–H and O–H groups in total. The highest BCUT2D eigenvalue weighted by molar-refractivity contribution is 5.93. The van der Waals surface area contributed by atoms with Crippen molar-refractivity contribution in [3.05, 3.63) is 77.4 Å². The first kappa shape index (κ1) is 20.0. The number of amides is 1. The molecule has 0 aliphatic carbocycles. The van der Waals surface area contributed by atoms with Gasteiger partial charge in [0.05, 0.1) is 45.4 Å². The highest BCUT2D eigenvalue weighted by Crippen LogP contribution is 2.29. The summed E-state index contributed by atoms with van der Waals surface area (Å²) in [7, 11) is 3.27. The number of ether oxygens (including phenoxy) is 3. The van der Waals surface area contributed by atoms with E-state index < -0.39 is 0 Å². The lowest BCUT2D eigenvalue weighted by molar-refractivity contribution is 0.00254. The zero-order valence-electron chi connectivity index (χ0n) is 17.3. The van der Waals surface area contributed by atoms with Crippen molar-refractivity contribution < 1.29 is 19.0 Å². The van der Waals surface area contributed by atoms with Crippen LogP contribution in [0, 0.1) is 0 Å². The van der Waals surface area contributed by atoms with E-state index in [1.54, 1.807) is 20.5 Å². The van der Waals surface area contributed by atoms with Gasteiger partial charge in [-0.1, -0.05) is 24.3 Å². The Kier molecular flexibility index (Phi) is 5.72. The molecule has 2 aromatic carbocycles. The van der Waals surface area contributed by atoms with Gasteiger partial charge in [-0.05, 0) is 42.3 Å². The molecule has 1 aliphatic heterocycles. The molecule has 0 bridgehead atoms. The predicted molar refractivity (Wildman–Crippen MR) is 112 cm³/mol. The van der Waals surface area contributed by atoms with Crippen LogP contribution in [0.2, 0.25) is 0 Å². The van der Waals surface area contributed by atoms with E-state index >= 15 is 0 Å². The molecule has 1 aromatic heterocycles. The Bertz CT molecular complexity index is 1010. The number of aromatic nitrogens is 2. The molecule has 156 valence electrons. The molecule has 4 rings (SSSR count). The zero-order chi connectivity index (χ0) is 21.1. The molecule has 0 fully saturated rings. The Morgan fingerprint density at radius 1 is 1.10 bits per heavy atom. The van der Waals surface area contributed by atoms with Crippen LogP contribution in [0.25, 0.3) is 0 Å². The van der Waals surface area contributed by atoms with Crippen molar-refractivity contribution in [1.29, 1.82) is 0 Å². The van der Waals surface area contributed by atoms with Crippen molar-refractivity contribution >= 4 is 5.91 Å². The topological polar surface area (TPSA) is 74.6 Å². The Labute approximate surface area is 175 Å². The number of carbonyl (C=O) groups is 1. The van der Waals surface area contributed by atoms with E-state index in [1.165, 1.54) is 0 Å². The van der Waals surface area contributed by atoms with Crippen molar-refractivity contribution in [2.45, 2.75) is 32.2 Å². The van der Waals surface area contributed by atoms with E-state index in [2.05, 4.69) is 10.3 Å². The Morgan fingerprint density at radius 2 is 1.73 bits per heavy atom. The second-order valence-electron chi connectivity index (χ2n) is 7.23. The molecule has 0 spiro atoms. The van der Waals surface area contributed by atoms with Gasteiger partial charge in [0.1, 0.15) is 17.6 Å². The molecule has 0 unspecified atom stereocenters. The van der Waals surface area contributed by atoms with Gasteiger partial charge < -0.3 is 24.1 Å². The smallest absolute Gasteiger partial charge is 0.272 e. The van der Waals surface area contributed by atoms with Gasteiger partial charge >= 0.3 is 0 Å². The fourth-order valence-electron chi connectivity index (χ4n) is 3.58. The van der Waals surface area contributed by atoms with Crippen LogP contribution in [0.3, 0.4) is 0 Å². The molecule has 0 radical (unpaired) electrons. The summed E-state index contributed by atoms with van der Waals surface area (Å²) in [6.45, 7) is 2.88. The van der Waals surface area contributed by atoms with Crippen LogP contribution in [0.4, 0.5) is 0 Å². The summed E-state index contributed by atoms with van der Waals surface area (Å²) in [5.74, 6) is 1.38. The number of hydrogen-bond acceptors (Lipinski definition) is 5. The fourth-order valence-corrected chi connectivity index (χ4v) is 3.58. The average molecular weight is 407 g/mol. The van der Waals surface area contributed by atoms with E-state index in [-0.39, 0.29) is 18.1 Å². The highest BCUT2D eigenvalue weighted by Gasteiger charge is 2.27. The van der Waals surface area contributed by atoms with Crippen LogP contribution in [0.5, 0.6) is 11.5 Å². The van der Waals surface area contributed by atoms with Crippen LogP contribution < -0.4 is 14.8 Å². The maximum atomic E-state index is 12.8. The van der Waals surface area contributed by atoms with E-state index in [4.69, 9.17) is 14.2 Å². The number of methoxy groups -OCH3 is 2. The summed E-state index contributed by atoms with van der Waals surface area (Å²) in [6.07, 6.45) is 1.62. The Hall–Kier alpha value is -3.32. The summed E-state index contributed by atoms with van der Waals surface area (Å²) in [5.41, 5.74) is 3.25. The molecule has 0 saturated carbocycles. The van der Waals surface area contributed by atoms with Crippen molar-refractivity contribution in [1.82, 2.24) is 14.9 Å². The van der Waals surface area contributed by atoms with Crippen LogP contribution in [0.15, 0.2) is 54.9 Å². The van der Waals surface area contributed by atoms with E-state index in [0.29, 0.717) is 18.8 Å². The SMILES string of the molecule is COc1ccc([C@H](C)NC(=O)c2ncn3c2CO[C@@H](c2ccc(OC)cc2)C3)cc1. The normalized spacial score (nSPS) is 16.4. The van der Waals surface area contributed by atoms with Crippen LogP contribution in [0.1, 0.15) is 46.4 Å². The maximum absolute atomic E-state index is 12.8. The van der Waals surface area contributed by atoms with E-state index in [1.807, 2.05) is 60.0 Å². The summed E-state index contributed by atoms with van der Waals surface area (Å²) in [6, 6.07) is 15.3. The molecule has 7 nitrogen and oxygen atoms in total. The number of benzene rings is 2. The number of rotatable bonds is 6. The first-order valence-electron chi connectivity index (χ1n) is 9.83. The molecule has 0 saturated heterocycles. The molecular formula is C23H25N3O4. The van der Waals surface area contributed by atoms with Crippen molar-refractivity contribution in [3.8, 4) is 11.5 Å². The summed E-state index contributed by atoms with van der Waals surface area (Å²) in [5, 5.41) is 3.02. The van der Waals surface area contributed by atoms with Gasteiger partial charge in [0.25, 0.3) is 5.91 Å². The molecule has 3 aromatic rings. The fraction of sp³-hybridized carbons (Fsp3) is 0.304. The Morgan fingerprint density at radius 3 is 2.37 bits per heavy atom. The van der Waals surface area contributed by atoms with Gasteiger partial charge in [0, 0.05) is 0 Å². The predicted octanol–water partition coefficient (Wildman–Crippen LogP) is 3.66. The number of hydrogen-bond donors (Lipinski definition) is 1. The van der Waals surface area contributed by atoms with Crippen molar-refractivity contribution in [2.75, 3.05) is 14.2 Å². The molecule has 7 heteroatoms. The highest BCUT2D eigenvalue weighted by atomic mass is 16.5. The lowest BCUT2D eigenvalue weighted by atomic mass is 10.1. The molecule has 1 amide bonds. The van der Waals surface area contributed by atoms with Gasteiger partial charge in [0.2, 0.25) is 0 Å². The van der Waals surface area contributed by atoms with Crippen LogP contribution in [-0.2, 0) is 17.9 Å². The third-order valence-corrected chi connectivity index (χ3v) is 5.40. The second-order valence-corrected chi connectivity index (χ2v) is 7.23. The molecule has 2 heterocycles. The number of nitrogens with one attached hydrogen (secondary N) is 1. The lowest BCUT2D eigenvalue weighted by Crippen LogP contribution is -2.29. The quantitative estimate of drug-likeness (QED) is 0.675. The standard InChI is InChI=1S/C23H25N3O4/c1-15(16-4-8-18(28-2)9-5-16)25-23(27)22-20-13-30-21(12-26(20)14-24-22)17-6-10-19(29-3)11-7-17/h4-11,14-15,21H,12-13H2,1-3H3,(H,25,27)/t15-,21+/m0/s1. The van der Waals surface area contributed by atoms with Gasteiger partial charge in [-0.3, -0.25) is 4.79 Å². The molecule has 30 heavy (non-hydrogen) atoms. The Balaban J connectivity index is 1.44. The number of nitrogens with zero attached hydrogens (tertiary/aromatic N) is 2. The first-order chi connectivity index (χ1) is 14.6. The minimum atomic E-state index is -0.210. The van der Waals surface area contributed by atoms with Crippen molar-refractivity contribution in [3.63, 3.8) is 0 Å². The minimum Gasteiger partial charge on any atom is -0.497 e. The number of imidazole rings is 1. The second kappa shape index (κ2) is 8.59. The third kappa shape index (κ3) is 4.02. The van der Waals surface area contributed by atoms with Gasteiger partial charge in [-0.2, -0.15) is 0 Å². The third-order valence-electron chi connectivity index (χ3n) is 5.40. The summed E-state index contributed by atoms with van der Waals surface area (Å²) in [4.78, 5) is 17.2. The number of fused-ring (bicyclic) bond motifs is 1. The summed E-state index contributed by atoms with van der Waals surface area (Å²) >= 11 is 0. The first-order valence-corrected chi connectivity index (χ1v) is 9.83. The molecule has 1 aliphatic rings. The lowest BCUT2D eigenvalue weighted by Gasteiger charge is -2.26. The van der Waals surface area contributed by atoms with Gasteiger partial charge in [-0.15, -0.1) is 0 Å². The van der Waals surface area contributed by atoms with Crippen molar-refractivity contribution in [2.24, 2.45) is 0 Å². The van der Waals surface area contributed by atoms with Gasteiger partial charge in [-0.25, -0.2) is 4.98 Å². The van der Waals surface area contributed by atoms with Gasteiger partial charge in [0.15, 0.2) is 5.69 Å². The monoisotopic (exact) mass is 407 g/mol. The van der Waals surface area contributed by atoms with E-state index in [9.17, 15) is 4.79 Å². The summed E-state index contributed by atoms with van der Waals surface area (Å²) < 4.78 is 18.4. The van der Waals surface area contributed by atoms with E-state index in [0.717, 1.165) is 28.3 Å². The molecular weight excluding hydrogens is 382 g/mol. The zero-order valence-corrected chi connectivity index (χ0v) is 17.3. The average Bonchev–Trinajstić information content (AvgIpc) is 3.22. The van der Waals surface area contributed by atoms with Crippen LogP contribution >= 0.6 is 0 Å². The van der Waals surface area contributed by atoms with Crippen LogP contribution in [-0.4, -0.2) is 29.7 Å². The number of carbonyl (C=O) groups excluding carboxylic acids is 1. The minimum absolute atomic E-state index is 0.0910.